The van der Waals surface area contributed by atoms with E-state index in [0.717, 1.165) is 11.0 Å². The molecule has 0 spiro atoms. The van der Waals surface area contributed by atoms with Gasteiger partial charge in [-0.25, -0.2) is 4.39 Å². The number of terminal acetylenes is 1. The van der Waals surface area contributed by atoms with E-state index in [4.69, 9.17) is 6.42 Å². The van der Waals surface area contributed by atoms with Gasteiger partial charge >= 0.3 is 11.8 Å². The highest BCUT2D eigenvalue weighted by molar-refractivity contribution is 6.05. The van der Waals surface area contributed by atoms with Crippen molar-refractivity contribution in [3.8, 4) is 12.3 Å². The molecule has 1 aliphatic heterocycles. The van der Waals surface area contributed by atoms with Crippen molar-refractivity contribution >= 4 is 11.6 Å². The van der Waals surface area contributed by atoms with E-state index in [1.54, 1.807) is 0 Å². The highest BCUT2D eigenvalue weighted by Gasteiger charge is 2.52. The van der Waals surface area contributed by atoms with Gasteiger partial charge in [-0.15, -0.1) is 6.42 Å². The molecule has 1 amide bonds. The average molecular weight is 225 g/mol. The van der Waals surface area contributed by atoms with Crippen molar-refractivity contribution in [1.29, 1.82) is 0 Å². The first-order valence-corrected chi connectivity index (χ1v) is 4.36. The zero-order chi connectivity index (χ0) is 12.1. The van der Waals surface area contributed by atoms with Crippen LogP contribution in [0, 0.1) is 18.2 Å². The lowest BCUT2D eigenvalue weighted by atomic mass is 10.1. The molecule has 0 unspecified atom stereocenters. The van der Waals surface area contributed by atoms with Gasteiger partial charge in [0.2, 0.25) is 0 Å². The van der Waals surface area contributed by atoms with Crippen molar-refractivity contribution < 1.29 is 18.0 Å². The number of benzene rings is 1. The Morgan fingerprint density at radius 2 is 2.06 bits per heavy atom. The molecular weight excluding hydrogens is 219 g/mol. The second kappa shape index (κ2) is 3.01. The summed E-state index contributed by atoms with van der Waals surface area (Å²) >= 11 is 0. The number of fused-ring (bicyclic) bond motifs is 1. The van der Waals surface area contributed by atoms with E-state index in [1.165, 1.54) is 7.05 Å². The molecule has 0 aliphatic carbocycles. The van der Waals surface area contributed by atoms with Gasteiger partial charge < -0.3 is 4.90 Å². The SMILES string of the molecule is C#Cc1cc2c(cc1F)C(F)(F)C(=O)N2C. The molecule has 0 radical (unpaired) electrons. The molecule has 0 fully saturated rings. The Kier molecular flexibility index (Phi) is 1.99. The molecule has 0 atom stereocenters. The van der Waals surface area contributed by atoms with Crippen LogP contribution < -0.4 is 4.90 Å². The minimum atomic E-state index is -3.68. The van der Waals surface area contributed by atoms with Gasteiger partial charge in [0.25, 0.3) is 0 Å². The van der Waals surface area contributed by atoms with Crippen molar-refractivity contribution in [3.63, 3.8) is 0 Å². The molecule has 2 rings (SSSR count). The van der Waals surface area contributed by atoms with Gasteiger partial charge in [-0.1, -0.05) is 5.92 Å². The van der Waals surface area contributed by atoms with Crippen molar-refractivity contribution in [2.45, 2.75) is 5.92 Å². The maximum atomic E-state index is 13.4. The molecule has 0 N–H and O–H groups in total. The molecule has 1 aliphatic rings. The second-order valence-electron chi connectivity index (χ2n) is 3.43. The third-order valence-corrected chi connectivity index (χ3v) is 2.51. The van der Waals surface area contributed by atoms with Crippen LogP contribution in [-0.2, 0) is 10.7 Å². The van der Waals surface area contributed by atoms with Crippen LogP contribution in [0.2, 0.25) is 0 Å². The Hall–Kier alpha value is -1.96. The predicted octanol–water partition coefficient (Wildman–Crippen LogP) is 1.88. The Morgan fingerprint density at radius 1 is 1.44 bits per heavy atom. The molecule has 16 heavy (non-hydrogen) atoms. The first-order chi connectivity index (χ1) is 7.39. The Bertz CT molecular complexity index is 531. The summed E-state index contributed by atoms with van der Waals surface area (Å²) in [7, 11) is 1.19. The third-order valence-electron chi connectivity index (χ3n) is 2.51. The normalized spacial score (nSPS) is 17.2. The molecule has 82 valence electrons. The largest absolute Gasteiger partial charge is 0.352 e. The number of anilines is 1. The molecule has 2 nitrogen and oxygen atoms in total. The van der Waals surface area contributed by atoms with Crippen molar-refractivity contribution in [2.24, 2.45) is 0 Å². The van der Waals surface area contributed by atoms with E-state index in [2.05, 4.69) is 0 Å². The maximum absolute atomic E-state index is 13.4. The molecule has 5 heteroatoms. The number of amides is 1. The smallest absolute Gasteiger partial charge is 0.309 e. The highest BCUT2D eigenvalue weighted by Crippen LogP contribution is 2.44. The van der Waals surface area contributed by atoms with Gasteiger partial charge in [0.15, 0.2) is 0 Å². The summed E-state index contributed by atoms with van der Waals surface area (Å²) in [6.07, 6.45) is 5.01. The summed E-state index contributed by atoms with van der Waals surface area (Å²) in [6, 6.07) is 1.69. The summed E-state index contributed by atoms with van der Waals surface area (Å²) in [5, 5.41) is 0. The molecule has 1 heterocycles. The highest BCUT2D eigenvalue weighted by atomic mass is 19.3. The number of carbonyl (C=O) groups is 1. The summed E-state index contributed by atoms with van der Waals surface area (Å²) in [5.41, 5.74) is -0.836. The number of hydrogen-bond donors (Lipinski definition) is 0. The van der Waals surface area contributed by atoms with Crippen LogP contribution in [0.5, 0.6) is 0 Å². The van der Waals surface area contributed by atoms with E-state index < -0.39 is 23.2 Å². The van der Waals surface area contributed by atoms with Crippen LogP contribution in [0.25, 0.3) is 0 Å². The molecule has 0 saturated heterocycles. The summed E-state index contributed by atoms with van der Waals surface area (Å²) < 4.78 is 40.0. The monoisotopic (exact) mass is 225 g/mol. The van der Waals surface area contributed by atoms with Crippen molar-refractivity contribution in [2.75, 3.05) is 11.9 Å². The molecule has 0 aromatic heterocycles. The van der Waals surface area contributed by atoms with Crippen LogP contribution >= 0.6 is 0 Å². The van der Waals surface area contributed by atoms with Crippen molar-refractivity contribution in [1.82, 2.24) is 0 Å². The third kappa shape index (κ3) is 1.13. The van der Waals surface area contributed by atoms with Crippen LogP contribution in [0.3, 0.4) is 0 Å². The molecule has 1 aromatic carbocycles. The van der Waals surface area contributed by atoms with Gasteiger partial charge in [0.1, 0.15) is 5.82 Å². The molecule has 0 bridgehead atoms. The van der Waals surface area contributed by atoms with Crippen molar-refractivity contribution in [3.05, 3.63) is 29.1 Å². The number of carbonyl (C=O) groups excluding carboxylic acids is 1. The number of nitrogens with zero attached hydrogens (tertiary/aromatic N) is 1. The quantitative estimate of drug-likeness (QED) is 0.617. The number of rotatable bonds is 0. The first kappa shape index (κ1) is 10.6. The topological polar surface area (TPSA) is 20.3 Å². The van der Waals surface area contributed by atoms with E-state index in [-0.39, 0.29) is 11.3 Å². The number of hydrogen-bond acceptors (Lipinski definition) is 1. The number of alkyl halides is 2. The van der Waals surface area contributed by atoms with Gasteiger partial charge in [-0.2, -0.15) is 8.78 Å². The van der Waals surface area contributed by atoms with Crippen LogP contribution in [0.15, 0.2) is 12.1 Å². The second-order valence-corrected chi connectivity index (χ2v) is 3.43. The fourth-order valence-corrected chi connectivity index (χ4v) is 1.64. The Morgan fingerprint density at radius 3 is 2.62 bits per heavy atom. The number of likely N-dealkylation sites (N-methyl/N-ethyl adjacent to an activating group) is 1. The van der Waals surface area contributed by atoms with Crippen LogP contribution in [-0.4, -0.2) is 13.0 Å². The Labute approximate surface area is 89.7 Å². The Balaban J connectivity index is 2.74. The molecule has 1 aromatic rings. The lowest BCUT2D eigenvalue weighted by Gasteiger charge is -2.09. The van der Waals surface area contributed by atoms with E-state index in [0.29, 0.717) is 6.07 Å². The summed E-state index contributed by atoms with van der Waals surface area (Å²) in [6.45, 7) is 0. The maximum Gasteiger partial charge on any atom is 0.352 e. The standard InChI is InChI=1S/C11H6F3NO/c1-3-6-4-9-7(5-8(6)12)11(13,14)10(16)15(9)2/h1,4-5H,2H3. The first-order valence-electron chi connectivity index (χ1n) is 4.36. The lowest BCUT2D eigenvalue weighted by Crippen LogP contribution is -2.31. The van der Waals surface area contributed by atoms with Gasteiger partial charge in [-0.3, -0.25) is 4.79 Å². The zero-order valence-corrected chi connectivity index (χ0v) is 8.22. The lowest BCUT2D eigenvalue weighted by molar-refractivity contribution is -0.141. The number of halogens is 3. The molecule has 0 saturated carbocycles. The fraction of sp³-hybridized carbons (Fsp3) is 0.182. The molecular formula is C11H6F3NO. The average Bonchev–Trinajstić information content (AvgIpc) is 2.40. The van der Waals surface area contributed by atoms with Crippen LogP contribution in [0.4, 0.5) is 18.9 Å². The fourth-order valence-electron chi connectivity index (χ4n) is 1.64. The minimum absolute atomic E-state index is 0.0515. The minimum Gasteiger partial charge on any atom is -0.309 e. The summed E-state index contributed by atoms with van der Waals surface area (Å²) in [4.78, 5) is 12.0. The van der Waals surface area contributed by atoms with Crippen LogP contribution in [0.1, 0.15) is 11.1 Å². The van der Waals surface area contributed by atoms with E-state index in [1.807, 2.05) is 5.92 Å². The summed E-state index contributed by atoms with van der Waals surface area (Å²) in [5.74, 6) is -3.96. The van der Waals surface area contributed by atoms with E-state index >= 15 is 0 Å². The van der Waals surface area contributed by atoms with Gasteiger partial charge in [0.05, 0.1) is 16.8 Å². The van der Waals surface area contributed by atoms with Gasteiger partial charge in [0, 0.05) is 7.05 Å². The van der Waals surface area contributed by atoms with Gasteiger partial charge in [-0.05, 0) is 12.1 Å². The van der Waals surface area contributed by atoms with E-state index in [9.17, 15) is 18.0 Å². The zero-order valence-electron chi connectivity index (χ0n) is 8.22. The predicted molar refractivity (Wildman–Crippen MR) is 51.6 cm³/mol.